The van der Waals surface area contributed by atoms with Gasteiger partial charge in [0.2, 0.25) is 5.13 Å². The zero-order valence-corrected chi connectivity index (χ0v) is 14.2. The van der Waals surface area contributed by atoms with Gasteiger partial charge in [0.15, 0.2) is 4.67 Å². The molecule has 3 heterocycles. The number of anilines is 2. The maximum atomic E-state index is 12.0. The summed E-state index contributed by atoms with van der Waals surface area (Å²) in [6.07, 6.45) is 2.26. The molecule has 3 aromatic rings. The van der Waals surface area contributed by atoms with E-state index in [1.165, 1.54) is 17.5 Å². The first-order chi connectivity index (χ1) is 11.2. The molecule has 0 bridgehead atoms. The van der Waals surface area contributed by atoms with Crippen molar-refractivity contribution in [2.24, 2.45) is 0 Å². The number of aromatic nitrogens is 3. The third kappa shape index (κ3) is 4.36. The van der Waals surface area contributed by atoms with Crippen LogP contribution in [0.1, 0.15) is 16.1 Å². The van der Waals surface area contributed by atoms with Gasteiger partial charge in [-0.3, -0.25) is 10.1 Å². The van der Waals surface area contributed by atoms with Gasteiger partial charge in [0.1, 0.15) is 17.1 Å². The van der Waals surface area contributed by atoms with Crippen LogP contribution in [0.25, 0.3) is 0 Å². The number of hydrogen-bond donors (Lipinski definition) is 2. The van der Waals surface area contributed by atoms with Crippen molar-refractivity contribution in [3.05, 3.63) is 52.0 Å². The second kappa shape index (κ2) is 7.34. The van der Waals surface area contributed by atoms with Crippen molar-refractivity contribution in [2.45, 2.75) is 6.42 Å². The van der Waals surface area contributed by atoms with E-state index in [0.717, 1.165) is 16.9 Å². The fourth-order valence-electron chi connectivity index (χ4n) is 1.83. The Morgan fingerprint density at radius 3 is 2.87 bits per heavy atom. The third-order valence-electron chi connectivity index (χ3n) is 2.91. The minimum absolute atomic E-state index is 0.263. The molecule has 0 aliphatic rings. The summed E-state index contributed by atoms with van der Waals surface area (Å²) in [5, 5.41) is 13.7. The highest BCUT2D eigenvalue weighted by Crippen LogP contribution is 2.15. The van der Waals surface area contributed by atoms with Crippen molar-refractivity contribution in [3.63, 3.8) is 0 Å². The van der Waals surface area contributed by atoms with Gasteiger partial charge in [-0.1, -0.05) is 11.3 Å². The predicted octanol–water partition coefficient (Wildman–Crippen LogP) is 3.20. The summed E-state index contributed by atoms with van der Waals surface area (Å²) in [6, 6.07) is 7.24. The molecular weight excluding hydrogens is 382 g/mol. The normalized spacial score (nSPS) is 10.5. The average Bonchev–Trinajstić information content (AvgIpc) is 3.20. The molecule has 0 saturated carbocycles. The second-order valence-corrected chi connectivity index (χ2v) is 6.13. The summed E-state index contributed by atoms with van der Waals surface area (Å²) in [4.78, 5) is 16.2. The number of nitrogens with one attached hydrogen (secondary N) is 2. The van der Waals surface area contributed by atoms with Crippen molar-refractivity contribution in [1.29, 1.82) is 0 Å². The van der Waals surface area contributed by atoms with E-state index in [9.17, 15) is 4.79 Å². The van der Waals surface area contributed by atoms with E-state index in [4.69, 9.17) is 4.42 Å². The molecule has 0 fully saturated rings. The summed E-state index contributed by atoms with van der Waals surface area (Å²) < 4.78 is 6.13. The zero-order valence-electron chi connectivity index (χ0n) is 11.8. The number of amides is 1. The lowest BCUT2D eigenvalue weighted by atomic mass is 10.2. The van der Waals surface area contributed by atoms with Crippen molar-refractivity contribution < 1.29 is 9.21 Å². The number of furan rings is 1. The first-order valence-electron chi connectivity index (χ1n) is 6.72. The monoisotopic (exact) mass is 393 g/mol. The lowest BCUT2D eigenvalue weighted by Crippen LogP contribution is -2.12. The topological polar surface area (TPSA) is 92.9 Å². The Hall–Kier alpha value is -2.26. The first kappa shape index (κ1) is 15.6. The molecule has 3 aromatic heterocycles. The molecule has 0 spiro atoms. The summed E-state index contributed by atoms with van der Waals surface area (Å²) in [5.41, 5.74) is 2.01. The van der Waals surface area contributed by atoms with Gasteiger partial charge in [-0.25, -0.2) is 4.98 Å². The molecular formula is C14H12BrN5O2S. The quantitative estimate of drug-likeness (QED) is 0.667. The molecule has 9 heteroatoms. The Morgan fingerprint density at radius 1 is 1.30 bits per heavy atom. The number of nitrogens with zero attached hydrogens (tertiary/aromatic N) is 3. The number of pyridine rings is 1. The lowest BCUT2D eigenvalue weighted by Gasteiger charge is -2.05. The van der Waals surface area contributed by atoms with Crippen LogP contribution in [0.3, 0.4) is 0 Å². The van der Waals surface area contributed by atoms with E-state index in [-0.39, 0.29) is 5.91 Å². The minimum Gasteiger partial charge on any atom is -0.454 e. The van der Waals surface area contributed by atoms with Gasteiger partial charge in [-0.15, -0.1) is 10.2 Å². The molecule has 23 heavy (non-hydrogen) atoms. The Bertz CT molecular complexity index is 773. The molecule has 118 valence electrons. The first-order valence-corrected chi connectivity index (χ1v) is 8.39. The number of carbonyl (C=O) groups is 1. The molecule has 0 saturated heterocycles. The molecule has 3 rings (SSSR count). The highest BCUT2D eigenvalue weighted by atomic mass is 79.9. The van der Waals surface area contributed by atoms with Gasteiger partial charge in [0.05, 0.1) is 5.56 Å². The van der Waals surface area contributed by atoms with Gasteiger partial charge >= 0.3 is 0 Å². The molecule has 1 amide bonds. The van der Waals surface area contributed by atoms with Crippen molar-refractivity contribution in [3.8, 4) is 0 Å². The summed E-state index contributed by atoms with van der Waals surface area (Å²) in [5.74, 6) is 1.32. The summed E-state index contributed by atoms with van der Waals surface area (Å²) in [7, 11) is 0. The van der Waals surface area contributed by atoms with E-state index in [1.807, 2.05) is 12.1 Å². The maximum absolute atomic E-state index is 12.0. The summed E-state index contributed by atoms with van der Waals surface area (Å²) >= 11 is 4.53. The van der Waals surface area contributed by atoms with Crippen LogP contribution in [0.5, 0.6) is 0 Å². The fraction of sp³-hybridized carbons (Fsp3) is 0.143. The van der Waals surface area contributed by atoms with Crippen LogP contribution < -0.4 is 10.6 Å². The Morgan fingerprint density at radius 2 is 2.22 bits per heavy atom. The van der Waals surface area contributed by atoms with Crippen LogP contribution in [-0.2, 0) is 6.42 Å². The Balaban J connectivity index is 1.51. The van der Waals surface area contributed by atoms with Crippen LogP contribution in [0.15, 0.2) is 45.1 Å². The molecule has 0 unspecified atom stereocenters. The van der Waals surface area contributed by atoms with E-state index < -0.39 is 0 Å². The van der Waals surface area contributed by atoms with Crippen LogP contribution in [-0.4, -0.2) is 27.6 Å². The maximum Gasteiger partial charge on any atom is 0.259 e. The average molecular weight is 394 g/mol. The third-order valence-corrected chi connectivity index (χ3v) is 3.95. The fourth-order valence-corrected chi connectivity index (χ4v) is 2.61. The molecule has 0 radical (unpaired) electrons. The van der Waals surface area contributed by atoms with Crippen LogP contribution >= 0.6 is 27.3 Å². The number of rotatable bonds is 6. The molecule has 0 atom stereocenters. The van der Waals surface area contributed by atoms with Crippen molar-refractivity contribution in [2.75, 3.05) is 17.2 Å². The van der Waals surface area contributed by atoms with Crippen molar-refractivity contribution in [1.82, 2.24) is 15.2 Å². The number of hydrogen-bond acceptors (Lipinski definition) is 7. The predicted molar refractivity (Wildman–Crippen MR) is 90.7 cm³/mol. The number of halogens is 1. The molecule has 2 N–H and O–H groups in total. The van der Waals surface area contributed by atoms with Gasteiger partial charge in [0.25, 0.3) is 5.91 Å². The van der Waals surface area contributed by atoms with E-state index in [2.05, 4.69) is 41.7 Å². The van der Waals surface area contributed by atoms with Gasteiger partial charge in [-0.2, -0.15) is 0 Å². The Kier molecular flexibility index (Phi) is 4.99. The molecule has 7 nitrogen and oxygen atoms in total. The smallest absolute Gasteiger partial charge is 0.259 e. The Labute approximate surface area is 144 Å². The highest BCUT2D eigenvalue weighted by Gasteiger charge is 2.08. The van der Waals surface area contributed by atoms with Crippen LogP contribution in [0, 0.1) is 0 Å². The van der Waals surface area contributed by atoms with Gasteiger partial charge in [0, 0.05) is 19.2 Å². The number of carbonyl (C=O) groups excluding carboxylic acids is 1. The van der Waals surface area contributed by atoms with E-state index in [0.29, 0.717) is 23.1 Å². The van der Waals surface area contributed by atoms with E-state index >= 15 is 0 Å². The highest BCUT2D eigenvalue weighted by molar-refractivity contribution is 9.10. The van der Waals surface area contributed by atoms with Gasteiger partial charge in [-0.05, 0) is 40.2 Å². The van der Waals surface area contributed by atoms with Crippen LogP contribution in [0.2, 0.25) is 0 Å². The standard InChI is InChI=1S/C14H12BrN5O2S/c15-11-3-2-10(22-11)5-6-16-12-4-1-9(7-17-12)13(21)19-14-20-18-8-23-14/h1-4,7-8H,5-6H2,(H,16,17)(H,19,20,21). The molecule has 0 aliphatic carbocycles. The second-order valence-electron chi connectivity index (χ2n) is 4.51. The molecule has 0 aromatic carbocycles. The zero-order chi connectivity index (χ0) is 16.1. The summed E-state index contributed by atoms with van der Waals surface area (Å²) in [6.45, 7) is 0.684. The molecule has 0 aliphatic heterocycles. The van der Waals surface area contributed by atoms with Gasteiger partial charge < -0.3 is 9.73 Å². The van der Waals surface area contributed by atoms with Crippen molar-refractivity contribution >= 4 is 44.1 Å². The van der Waals surface area contributed by atoms with E-state index in [1.54, 1.807) is 17.6 Å². The lowest BCUT2D eigenvalue weighted by molar-refractivity contribution is 0.102. The SMILES string of the molecule is O=C(Nc1nncs1)c1ccc(NCCc2ccc(Br)o2)nc1. The largest absolute Gasteiger partial charge is 0.454 e. The minimum atomic E-state index is -0.263. The van der Waals surface area contributed by atoms with Crippen LogP contribution in [0.4, 0.5) is 10.9 Å².